The van der Waals surface area contributed by atoms with Crippen LogP contribution in [0.25, 0.3) is 0 Å². The van der Waals surface area contributed by atoms with Gasteiger partial charge < -0.3 is 5.32 Å². The minimum absolute atomic E-state index is 0.0328. The highest BCUT2D eigenvalue weighted by Crippen LogP contribution is 2.31. The Morgan fingerprint density at radius 3 is 2.68 bits per heavy atom. The zero-order valence-electron chi connectivity index (χ0n) is 9.85. The summed E-state index contributed by atoms with van der Waals surface area (Å²) in [7, 11) is 0. The number of hydrogen-bond acceptors (Lipinski definition) is 4. The van der Waals surface area contributed by atoms with Gasteiger partial charge >= 0.3 is 5.69 Å². The van der Waals surface area contributed by atoms with Crippen molar-refractivity contribution in [1.29, 1.82) is 5.26 Å². The quantitative estimate of drug-likeness (QED) is 0.665. The molecule has 7 heteroatoms. The van der Waals surface area contributed by atoms with Crippen molar-refractivity contribution in [3.63, 3.8) is 0 Å². The normalized spacial score (nSPS) is 16.0. The van der Waals surface area contributed by atoms with Crippen LogP contribution in [0.5, 0.6) is 0 Å². The Morgan fingerprint density at radius 2 is 2.21 bits per heavy atom. The number of rotatable bonds is 3. The molecule has 1 aromatic carbocycles. The van der Waals surface area contributed by atoms with Gasteiger partial charge in [0.1, 0.15) is 5.54 Å². The smallest absolute Gasteiger partial charge is 0.305 e. The monoisotopic (exact) mass is 263 g/mol. The summed E-state index contributed by atoms with van der Waals surface area (Å²) in [5.74, 6) is -1.61. The summed E-state index contributed by atoms with van der Waals surface area (Å²) < 4.78 is 13.1. The van der Waals surface area contributed by atoms with Crippen molar-refractivity contribution in [2.75, 3.05) is 0 Å². The van der Waals surface area contributed by atoms with Crippen molar-refractivity contribution in [3.05, 3.63) is 39.7 Å². The molecule has 0 heterocycles. The molecule has 0 aliphatic heterocycles. The van der Waals surface area contributed by atoms with Crippen molar-refractivity contribution < 1.29 is 14.1 Å². The zero-order chi connectivity index (χ0) is 14.0. The van der Waals surface area contributed by atoms with Crippen LogP contribution in [0.2, 0.25) is 0 Å². The van der Waals surface area contributed by atoms with Crippen molar-refractivity contribution in [2.24, 2.45) is 0 Å². The Morgan fingerprint density at radius 1 is 1.53 bits per heavy atom. The molecule has 0 spiro atoms. The van der Waals surface area contributed by atoms with E-state index in [0.29, 0.717) is 12.8 Å². The number of benzene rings is 1. The molecular weight excluding hydrogens is 253 g/mol. The molecule has 0 aromatic heterocycles. The Kier molecular flexibility index (Phi) is 3.17. The Labute approximate surface area is 108 Å². The average molecular weight is 263 g/mol. The molecule has 0 unspecified atom stereocenters. The van der Waals surface area contributed by atoms with Gasteiger partial charge in [-0.05, 0) is 31.4 Å². The van der Waals surface area contributed by atoms with Crippen molar-refractivity contribution in [2.45, 2.75) is 24.8 Å². The van der Waals surface area contributed by atoms with Crippen LogP contribution in [0.15, 0.2) is 18.2 Å². The second-order valence-electron chi connectivity index (χ2n) is 4.42. The van der Waals surface area contributed by atoms with E-state index in [9.17, 15) is 19.3 Å². The van der Waals surface area contributed by atoms with Gasteiger partial charge in [0.15, 0.2) is 0 Å². The lowest BCUT2D eigenvalue weighted by Gasteiger charge is -2.35. The molecule has 98 valence electrons. The van der Waals surface area contributed by atoms with Gasteiger partial charge in [-0.3, -0.25) is 14.9 Å². The van der Waals surface area contributed by atoms with E-state index in [1.807, 2.05) is 6.07 Å². The summed E-state index contributed by atoms with van der Waals surface area (Å²) in [6.07, 6.45) is 1.95. The van der Waals surface area contributed by atoms with Crippen molar-refractivity contribution in [1.82, 2.24) is 5.32 Å². The van der Waals surface area contributed by atoms with E-state index < -0.39 is 27.9 Å². The minimum Gasteiger partial charge on any atom is -0.334 e. The van der Waals surface area contributed by atoms with Gasteiger partial charge in [0.2, 0.25) is 5.82 Å². The first-order chi connectivity index (χ1) is 8.97. The number of nitriles is 1. The van der Waals surface area contributed by atoms with E-state index in [1.54, 1.807) is 0 Å². The van der Waals surface area contributed by atoms with Crippen molar-refractivity contribution >= 4 is 11.6 Å². The SMILES string of the molecule is N#CC1(NC(=O)c2ccc(F)c([N+](=O)[O-])c2)CCC1. The van der Waals surface area contributed by atoms with Gasteiger partial charge in [-0.15, -0.1) is 0 Å². The third-order valence-electron chi connectivity index (χ3n) is 3.18. The summed E-state index contributed by atoms with van der Waals surface area (Å²) in [6, 6.07) is 4.92. The van der Waals surface area contributed by atoms with Gasteiger partial charge in [0.05, 0.1) is 11.0 Å². The standard InChI is InChI=1S/C12H10FN3O3/c13-9-3-2-8(6-10(9)16(18)19)11(17)15-12(7-14)4-1-5-12/h2-3,6H,1,4-5H2,(H,15,17). The Balaban J connectivity index is 2.23. The molecule has 6 nitrogen and oxygen atoms in total. The van der Waals surface area contributed by atoms with Gasteiger partial charge in [0, 0.05) is 11.6 Å². The van der Waals surface area contributed by atoms with Gasteiger partial charge in [0.25, 0.3) is 5.91 Å². The lowest BCUT2D eigenvalue weighted by molar-refractivity contribution is -0.387. The number of hydrogen-bond donors (Lipinski definition) is 1. The topological polar surface area (TPSA) is 96.0 Å². The molecule has 0 radical (unpaired) electrons. The highest BCUT2D eigenvalue weighted by molar-refractivity contribution is 5.95. The number of nitrogens with zero attached hydrogens (tertiary/aromatic N) is 2. The molecule has 1 saturated carbocycles. The van der Waals surface area contributed by atoms with E-state index in [-0.39, 0.29) is 5.56 Å². The van der Waals surface area contributed by atoms with Crippen LogP contribution < -0.4 is 5.32 Å². The number of nitro benzene ring substituents is 1. The van der Waals surface area contributed by atoms with E-state index in [4.69, 9.17) is 5.26 Å². The fourth-order valence-electron chi connectivity index (χ4n) is 1.88. The van der Waals surface area contributed by atoms with Crippen molar-refractivity contribution in [3.8, 4) is 6.07 Å². The molecule has 2 rings (SSSR count). The molecule has 1 fully saturated rings. The van der Waals surface area contributed by atoms with Crippen LogP contribution in [0.3, 0.4) is 0 Å². The maximum atomic E-state index is 13.1. The summed E-state index contributed by atoms with van der Waals surface area (Å²) in [5.41, 5.74) is -1.68. The molecular formula is C12H10FN3O3. The number of nitrogens with one attached hydrogen (secondary N) is 1. The minimum atomic E-state index is -1.000. The first-order valence-electron chi connectivity index (χ1n) is 5.65. The molecule has 1 aliphatic carbocycles. The Bertz CT molecular complexity index is 590. The highest BCUT2D eigenvalue weighted by atomic mass is 19.1. The molecule has 1 aliphatic rings. The fraction of sp³-hybridized carbons (Fsp3) is 0.333. The predicted octanol–water partition coefficient (Wildman–Crippen LogP) is 1.91. The maximum Gasteiger partial charge on any atom is 0.305 e. The summed E-state index contributed by atoms with van der Waals surface area (Å²) in [6.45, 7) is 0. The van der Waals surface area contributed by atoms with Crippen LogP contribution in [0.4, 0.5) is 10.1 Å². The number of nitro groups is 1. The van der Waals surface area contributed by atoms with Crippen LogP contribution in [0.1, 0.15) is 29.6 Å². The maximum absolute atomic E-state index is 13.1. The van der Waals surface area contributed by atoms with E-state index in [2.05, 4.69) is 5.32 Å². The average Bonchev–Trinajstić information content (AvgIpc) is 2.33. The number of halogens is 1. The number of carbonyl (C=O) groups is 1. The van der Waals surface area contributed by atoms with E-state index >= 15 is 0 Å². The van der Waals surface area contributed by atoms with E-state index in [1.165, 1.54) is 0 Å². The van der Waals surface area contributed by atoms with Gasteiger partial charge in [-0.1, -0.05) is 0 Å². The second kappa shape index (κ2) is 4.65. The Hall–Kier alpha value is -2.49. The van der Waals surface area contributed by atoms with Crippen LogP contribution >= 0.6 is 0 Å². The summed E-state index contributed by atoms with van der Waals surface area (Å²) in [4.78, 5) is 21.6. The fourth-order valence-corrected chi connectivity index (χ4v) is 1.88. The highest BCUT2D eigenvalue weighted by Gasteiger charge is 2.39. The molecule has 0 saturated heterocycles. The van der Waals surface area contributed by atoms with Crippen LogP contribution in [-0.2, 0) is 0 Å². The first-order valence-corrected chi connectivity index (χ1v) is 5.65. The molecule has 1 aromatic rings. The largest absolute Gasteiger partial charge is 0.334 e. The van der Waals surface area contributed by atoms with E-state index in [0.717, 1.165) is 24.6 Å². The third-order valence-corrected chi connectivity index (χ3v) is 3.18. The summed E-state index contributed by atoms with van der Waals surface area (Å²) >= 11 is 0. The lowest BCUT2D eigenvalue weighted by Crippen LogP contribution is -2.52. The zero-order valence-corrected chi connectivity index (χ0v) is 9.85. The van der Waals surface area contributed by atoms with Crippen LogP contribution in [-0.4, -0.2) is 16.4 Å². The second-order valence-corrected chi connectivity index (χ2v) is 4.42. The number of carbonyl (C=O) groups excluding carboxylic acids is 1. The predicted molar refractivity (Wildman–Crippen MR) is 62.7 cm³/mol. The van der Waals surface area contributed by atoms with Gasteiger partial charge in [-0.25, -0.2) is 0 Å². The molecule has 0 bridgehead atoms. The van der Waals surface area contributed by atoms with Gasteiger partial charge in [-0.2, -0.15) is 9.65 Å². The molecule has 19 heavy (non-hydrogen) atoms. The molecule has 0 atom stereocenters. The molecule has 1 amide bonds. The third kappa shape index (κ3) is 2.38. The first kappa shape index (κ1) is 13.0. The molecule has 1 N–H and O–H groups in total. The summed E-state index contributed by atoms with van der Waals surface area (Å²) in [5, 5.41) is 22.1. The van der Waals surface area contributed by atoms with Crippen LogP contribution in [0, 0.1) is 27.3 Å². The lowest BCUT2D eigenvalue weighted by atomic mass is 9.78. The number of amides is 1.